The van der Waals surface area contributed by atoms with Crippen molar-refractivity contribution in [1.29, 1.82) is 0 Å². The maximum atomic E-state index is 13.7. The van der Waals surface area contributed by atoms with E-state index < -0.39 is 29.1 Å². The molecule has 5 rings (SSSR count). The average molecular weight is 731 g/mol. The number of alkyl halides is 3. The first-order valence-electron chi connectivity index (χ1n) is 17.6. The van der Waals surface area contributed by atoms with Crippen molar-refractivity contribution in [2.45, 2.75) is 50.9 Å². The van der Waals surface area contributed by atoms with E-state index in [1.165, 1.54) is 30.5 Å². The number of aliphatic hydroxyl groups excluding tert-OH is 1. The van der Waals surface area contributed by atoms with E-state index in [9.17, 15) is 32.7 Å². The lowest BCUT2D eigenvalue weighted by Gasteiger charge is -2.29. The molecule has 1 atom stereocenters. The van der Waals surface area contributed by atoms with Gasteiger partial charge in [0.15, 0.2) is 5.78 Å². The lowest BCUT2D eigenvalue weighted by atomic mass is 9.88. The molecule has 1 aliphatic heterocycles. The number of Topliss-reactive ketones (excluding diaryl/α,β-unsaturated/α-hetero) is 1. The highest BCUT2D eigenvalue weighted by Gasteiger charge is 2.31. The summed E-state index contributed by atoms with van der Waals surface area (Å²) in [5.41, 5.74) is 7.82. The van der Waals surface area contributed by atoms with Crippen LogP contribution in [0.1, 0.15) is 74.8 Å². The lowest BCUT2D eigenvalue weighted by molar-refractivity contribution is -0.137. The number of hydrogen-bond acceptors (Lipinski definition) is 8. The van der Waals surface area contributed by atoms with Gasteiger partial charge in [0.25, 0.3) is 11.8 Å². The molecule has 13 heteroatoms. The number of aliphatic hydroxyl groups is 1. The third kappa shape index (κ3) is 10.3. The first-order chi connectivity index (χ1) is 25.2. The molecule has 0 spiro atoms. The summed E-state index contributed by atoms with van der Waals surface area (Å²) >= 11 is 0. The maximum absolute atomic E-state index is 13.7. The van der Waals surface area contributed by atoms with Gasteiger partial charge in [-0.3, -0.25) is 19.4 Å². The zero-order valence-corrected chi connectivity index (χ0v) is 29.9. The van der Waals surface area contributed by atoms with Gasteiger partial charge < -0.3 is 31.3 Å². The number of pyridine rings is 1. The molecule has 2 heterocycles. The number of ketones is 1. The summed E-state index contributed by atoms with van der Waals surface area (Å²) in [6.45, 7) is 4.23. The summed E-state index contributed by atoms with van der Waals surface area (Å²) in [4.78, 5) is 49.1. The van der Waals surface area contributed by atoms with Crippen LogP contribution in [0.15, 0.2) is 85.1 Å². The molecule has 2 amide bonds. The number of amides is 2. The second kappa shape index (κ2) is 17.1. The number of benzene rings is 3. The van der Waals surface area contributed by atoms with Gasteiger partial charge in [-0.25, -0.2) is 0 Å². The zero-order valence-electron chi connectivity index (χ0n) is 29.9. The van der Waals surface area contributed by atoms with Crippen LogP contribution in [0.5, 0.6) is 0 Å². The fourth-order valence-corrected chi connectivity index (χ4v) is 6.21. The lowest BCUT2D eigenvalue weighted by Crippen LogP contribution is -2.47. The first kappa shape index (κ1) is 39.1. The molecule has 1 saturated heterocycles. The molecule has 5 N–H and O–H groups in total. The van der Waals surface area contributed by atoms with Crippen molar-refractivity contribution >= 4 is 29.0 Å². The van der Waals surface area contributed by atoms with Gasteiger partial charge in [0.05, 0.1) is 29.1 Å². The van der Waals surface area contributed by atoms with Crippen molar-refractivity contribution in [2.24, 2.45) is 5.73 Å². The fourth-order valence-electron chi connectivity index (χ4n) is 6.21. The number of nitrogens with two attached hydrogens (primary N) is 1. The zero-order chi connectivity index (χ0) is 38.2. The van der Waals surface area contributed by atoms with Crippen LogP contribution in [0.25, 0.3) is 11.3 Å². The van der Waals surface area contributed by atoms with Gasteiger partial charge in [0.2, 0.25) is 0 Å². The predicted octanol–water partition coefficient (Wildman–Crippen LogP) is 6.15. The number of piperidine rings is 1. The third-order valence-corrected chi connectivity index (χ3v) is 9.38. The summed E-state index contributed by atoms with van der Waals surface area (Å²) in [6, 6.07) is 19.8. The van der Waals surface area contributed by atoms with E-state index in [0.717, 1.165) is 50.2 Å². The molecule has 0 aliphatic carbocycles. The number of halogens is 3. The molecule has 10 nitrogen and oxygen atoms in total. The molecule has 280 valence electrons. The SMILES string of the molecule is CN(CCO)CCC(C)(N)C(=O)c1cccc(C(=O)Nc2ccc(N3CCCCC3)cc2-c2cc(C(=O)NCc3cccc(C(F)(F)F)c3)ccn2)c1. The molecule has 1 fully saturated rings. The Morgan fingerprint density at radius 2 is 1.60 bits per heavy atom. The Bertz CT molecular complexity index is 1930. The number of carbonyl (C=O) groups excluding carboxylic acids is 3. The molecule has 1 aliphatic rings. The van der Waals surface area contributed by atoms with Gasteiger partial charge in [0.1, 0.15) is 0 Å². The van der Waals surface area contributed by atoms with Gasteiger partial charge in [-0.2, -0.15) is 13.2 Å². The van der Waals surface area contributed by atoms with Crippen LogP contribution < -0.4 is 21.3 Å². The minimum absolute atomic E-state index is 0.00516. The molecule has 0 bridgehead atoms. The third-order valence-electron chi connectivity index (χ3n) is 9.38. The number of aromatic nitrogens is 1. The summed E-state index contributed by atoms with van der Waals surface area (Å²) in [5.74, 6) is -1.29. The van der Waals surface area contributed by atoms with Crippen LogP contribution >= 0.6 is 0 Å². The summed E-state index contributed by atoms with van der Waals surface area (Å²) in [6.07, 6.45) is 0.547. The number of anilines is 2. The van der Waals surface area contributed by atoms with Crippen LogP contribution in [-0.2, 0) is 12.7 Å². The number of hydrogen-bond donors (Lipinski definition) is 4. The van der Waals surface area contributed by atoms with Crippen LogP contribution in [0, 0.1) is 0 Å². The minimum Gasteiger partial charge on any atom is -0.395 e. The van der Waals surface area contributed by atoms with Crippen molar-refractivity contribution in [2.75, 3.05) is 50.1 Å². The normalized spacial score (nSPS) is 14.5. The molecule has 53 heavy (non-hydrogen) atoms. The predicted molar refractivity (Wildman–Crippen MR) is 199 cm³/mol. The average Bonchev–Trinajstić information content (AvgIpc) is 3.16. The van der Waals surface area contributed by atoms with Gasteiger partial charge in [0, 0.05) is 66.9 Å². The number of rotatable bonds is 14. The van der Waals surface area contributed by atoms with E-state index in [-0.39, 0.29) is 30.1 Å². The molecule has 1 unspecified atom stereocenters. The second-order valence-corrected chi connectivity index (χ2v) is 13.6. The van der Waals surface area contributed by atoms with Crippen molar-refractivity contribution < 1.29 is 32.7 Å². The van der Waals surface area contributed by atoms with Gasteiger partial charge in [-0.05, 0) is 99.8 Å². The van der Waals surface area contributed by atoms with E-state index in [0.29, 0.717) is 47.6 Å². The Hall–Kier alpha value is -5.11. The van der Waals surface area contributed by atoms with Crippen LogP contribution in [0.3, 0.4) is 0 Å². The number of likely N-dealkylation sites (N-methyl/N-ethyl adjacent to an activating group) is 1. The first-order valence-corrected chi connectivity index (χ1v) is 17.6. The van der Waals surface area contributed by atoms with Gasteiger partial charge >= 0.3 is 6.18 Å². The highest BCUT2D eigenvalue weighted by atomic mass is 19.4. The Morgan fingerprint density at radius 3 is 2.34 bits per heavy atom. The van der Waals surface area contributed by atoms with E-state index in [1.54, 1.807) is 37.3 Å². The minimum atomic E-state index is -4.50. The highest BCUT2D eigenvalue weighted by Crippen LogP contribution is 2.34. The van der Waals surface area contributed by atoms with Crippen molar-refractivity contribution in [3.8, 4) is 11.3 Å². The Morgan fingerprint density at radius 1 is 0.887 bits per heavy atom. The maximum Gasteiger partial charge on any atom is 0.416 e. The fraction of sp³-hybridized carbons (Fsp3) is 0.350. The van der Waals surface area contributed by atoms with Crippen molar-refractivity contribution in [3.05, 3.63) is 113 Å². The monoisotopic (exact) mass is 730 g/mol. The number of carbonyl (C=O) groups is 3. The second-order valence-electron chi connectivity index (χ2n) is 13.6. The van der Waals surface area contributed by atoms with E-state index in [4.69, 9.17) is 5.73 Å². The molecule has 0 radical (unpaired) electrons. The number of nitrogens with one attached hydrogen (secondary N) is 2. The summed E-state index contributed by atoms with van der Waals surface area (Å²) in [7, 11) is 1.83. The highest BCUT2D eigenvalue weighted by molar-refractivity contribution is 6.09. The quantitative estimate of drug-likeness (QED) is 0.113. The molecule has 4 aromatic rings. The van der Waals surface area contributed by atoms with Crippen LogP contribution in [-0.4, -0.2) is 78.0 Å². The molecule has 0 saturated carbocycles. The van der Waals surface area contributed by atoms with Crippen LogP contribution in [0.2, 0.25) is 0 Å². The van der Waals surface area contributed by atoms with Crippen LogP contribution in [0.4, 0.5) is 24.5 Å². The van der Waals surface area contributed by atoms with E-state index in [2.05, 4.69) is 20.5 Å². The molecular formula is C40H45F3N6O4. The standard InChI is InChI=1S/C40H45F3N6O4/c1-39(44,15-19-48(2)20-21-50)36(51)28-9-7-10-29(23-28)38(53)47-34-13-12-32(49-17-4-3-5-18-49)25-33(34)35-24-30(14-16-45-35)37(52)46-26-27-8-6-11-31(22-27)40(41,42)43/h6-14,16,22-25,50H,3-5,15,17-21,26,44H2,1-2H3,(H,46,52)(H,47,53). The molecule has 3 aromatic carbocycles. The summed E-state index contributed by atoms with van der Waals surface area (Å²) < 4.78 is 39.6. The van der Waals surface area contributed by atoms with E-state index in [1.807, 2.05) is 24.1 Å². The summed E-state index contributed by atoms with van der Waals surface area (Å²) in [5, 5.41) is 14.8. The molecule has 1 aromatic heterocycles. The Balaban J connectivity index is 1.38. The topological polar surface area (TPSA) is 141 Å². The van der Waals surface area contributed by atoms with E-state index >= 15 is 0 Å². The largest absolute Gasteiger partial charge is 0.416 e. The number of nitrogens with zero attached hydrogens (tertiary/aromatic N) is 3. The van der Waals surface area contributed by atoms with Gasteiger partial charge in [-0.1, -0.05) is 24.3 Å². The smallest absolute Gasteiger partial charge is 0.395 e. The van der Waals surface area contributed by atoms with Crippen molar-refractivity contribution in [3.63, 3.8) is 0 Å². The van der Waals surface area contributed by atoms with Gasteiger partial charge in [-0.15, -0.1) is 0 Å². The Kier molecular flexibility index (Phi) is 12.7. The Labute approximate surface area is 307 Å². The molecular weight excluding hydrogens is 685 g/mol. The van der Waals surface area contributed by atoms with Crippen molar-refractivity contribution in [1.82, 2.24) is 15.2 Å².